The van der Waals surface area contributed by atoms with Crippen LogP contribution in [0.2, 0.25) is 0 Å². The molecule has 42 heavy (non-hydrogen) atoms. The number of carbonyl (C=O) groups excluding carboxylic acids is 5. The number of imidazole rings is 1. The van der Waals surface area contributed by atoms with Crippen LogP contribution in [0.25, 0.3) is 0 Å². The lowest BCUT2D eigenvalue weighted by atomic mass is 9.98. The number of nitrogens with two attached hydrogens (primary N) is 1. The molecular weight excluding hydrogens is 564 g/mol. The Bertz CT molecular complexity index is 1360. The molecule has 3 rings (SSSR count). The summed E-state index contributed by atoms with van der Waals surface area (Å²) >= 11 is 0. The normalized spacial score (nSPS) is 21.5. The van der Waals surface area contributed by atoms with Gasteiger partial charge in [-0.05, 0) is 5.56 Å². The Labute approximate surface area is 237 Å². The van der Waals surface area contributed by atoms with Gasteiger partial charge in [-0.15, -0.1) is 0 Å². The van der Waals surface area contributed by atoms with E-state index in [0.717, 1.165) is 27.7 Å². The van der Waals surface area contributed by atoms with Gasteiger partial charge in [0.2, 0.25) is 18.3 Å². The molecule has 1 saturated heterocycles. The molecule has 0 bridgehead atoms. The number of ether oxygens (including phenoxy) is 6. The van der Waals surface area contributed by atoms with E-state index in [2.05, 4.69) is 4.98 Å². The van der Waals surface area contributed by atoms with E-state index in [4.69, 9.17) is 34.2 Å². The molecular formula is C25H28N4O13. The van der Waals surface area contributed by atoms with Gasteiger partial charge in [-0.2, -0.15) is 0 Å². The largest absolute Gasteiger partial charge is 0.463 e. The molecule has 1 amide bonds. The van der Waals surface area contributed by atoms with E-state index in [9.17, 15) is 34.1 Å². The Morgan fingerprint density at radius 3 is 2.02 bits per heavy atom. The number of carbonyl (C=O) groups is 5. The van der Waals surface area contributed by atoms with E-state index < -0.39 is 72.0 Å². The fourth-order valence-electron chi connectivity index (χ4n) is 4.13. The van der Waals surface area contributed by atoms with Gasteiger partial charge in [0.15, 0.2) is 17.9 Å². The van der Waals surface area contributed by atoms with Crippen LogP contribution in [0.1, 0.15) is 43.7 Å². The second kappa shape index (κ2) is 13.5. The molecule has 17 heteroatoms. The van der Waals surface area contributed by atoms with Crippen LogP contribution in [0.5, 0.6) is 5.88 Å². The Morgan fingerprint density at radius 1 is 0.929 bits per heavy atom. The molecule has 2 aromatic rings. The van der Waals surface area contributed by atoms with E-state index >= 15 is 0 Å². The molecule has 0 radical (unpaired) electrons. The molecule has 1 aromatic heterocycles. The Hall–Kier alpha value is -5.06. The Morgan fingerprint density at radius 2 is 1.50 bits per heavy atom. The lowest BCUT2D eigenvalue weighted by Gasteiger charge is -2.43. The van der Waals surface area contributed by atoms with E-state index in [-0.39, 0.29) is 23.8 Å². The smallest absolute Gasteiger partial charge is 0.303 e. The maximum absolute atomic E-state index is 12.4. The molecule has 1 aromatic carbocycles. The number of benzene rings is 1. The molecule has 1 aliphatic heterocycles. The highest BCUT2D eigenvalue weighted by Crippen LogP contribution is 2.31. The quantitative estimate of drug-likeness (QED) is 0.161. The monoisotopic (exact) mass is 592 g/mol. The number of amides is 1. The van der Waals surface area contributed by atoms with Crippen molar-refractivity contribution in [1.82, 2.24) is 9.55 Å². The first-order valence-electron chi connectivity index (χ1n) is 12.3. The third-order valence-corrected chi connectivity index (χ3v) is 5.71. The van der Waals surface area contributed by atoms with E-state index in [1.165, 1.54) is 35.2 Å². The second-order valence-corrected chi connectivity index (χ2v) is 9.00. The van der Waals surface area contributed by atoms with Crippen molar-refractivity contribution in [2.75, 3.05) is 6.61 Å². The van der Waals surface area contributed by atoms with Crippen LogP contribution in [0.15, 0.2) is 30.6 Å². The minimum absolute atomic E-state index is 0.00516. The fraction of sp³-hybridized carbons (Fsp3) is 0.440. The molecule has 2 N–H and O–H groups in total. The predicted octanol–water partition coefficient (Wildman–Crippen LogP) is 0.400. The summed E-state index contributed by atoms with van der Waals surface area (Å²) in [7, 11) is 0. The van der Waals surface area contributed by atoms with Gasteiger partial charge in [0.25, 0.3) is 11.6 Å². The maximum Gasteiger partial charge on any atom is 0.303 e. The van der Waals surface area contributed by atoms with Gasteiger partial charge < -0.3 is 38.7 Å². The van der Waals surface area contributed by atoms with Crippen molar-refractivity contribution in [2.24, 2.45) is 5.73 Å². The van der Waals surface area contributed by atoms with Gasteiger partial charge >= 0.3 is 23.9 Å². The van der Waals surface area contributed by atoms with E-state index in [1.54, 1.807) is 0 Å². The summed E-state index contributed by atoms with van der Waals surface area (Å²) in [5.41, 5.74) is 5.77. The van der Waals surface area contributed by atoms with Crippen molar-refractivity contribution in [3.63, 3.8) is 0 Å². The standard InChI is InChI=1S/C25H28N4O13/c1-12(30)37-10-18-20(38-13(2)31)21(39-14(3)32)22(40-15(4)33)25(41-18)42-24-19(23(26)34)28(11-27-24)9-16-5-7-17(8-6-16)29(35)36/h5-8,11,18,20-22,25H,9-10H2,1-4H3,(H2,26,34)/t18-,20+,21+,22-,25+/m1/s1. The highest BCUT2D eigenvalue weighted by molar-refractivity contribution is 5.93. The Balaban J connectivity index is 2.00. The lowest BCUT2D eigenvalue weighted by molar-refractivity contribution is -0.384. The molecule has 226 valence electrons. The summed E-state index contributed by atoms with van der Waals surface area (Å²) in [6.07, 6.45) is -6.21. The Kier molecular flexibility index (Phi) is 10.1. The summed E-state index contributed by atoms with van der Waals surface area (Å²) in [5, 5.41) is 10.9. The molecule has 5 atom stereocenters. The zero-order valence-corrected chi connectivity index (χ0v) is 22.9. The molecule has 0 spiro atoms. The summed E-state index contributed by atoms with van der Waals surface area (Å²) in [6, 6.07) is 5.52. The number of nitrogens with zero attached hydrogens (tertiary/aromatic N) is 3. The minimum atomic E-state index is -1.65. The van der Waals surface area contributed by atoms with Gasteiger partial charge in [-0.1, -0.05) is 12.1 Å². The first kappa shape index (κ1) is 31.5. The van der Waals surface area contributed by atoms with Gasteiger partial charge in [-0.25, -0.2) is 4.98 Å². The summed E-state index contributed by atoms with van der Waals surface area (Å²) in [5.74, 6) is -4.56. The van der Waals surface area contributed by atoms with E-state index in [1.807, 2.05) is 0 Å². The van der Waals surface area contributed by atoms with Crippen molar-refractivity contribution in [3.05, 3.63) is 52.0 Å². The fourth-order valence-corrected chi connectivity index (χ4v) is 4.13. The molecule has 1 fully saturated rings. The first-order chi connectivity index (χ1) is 19.8. The second-order valence-electron chi connectivity index (χ2n) is 9.00. The number of hydrogen-bond donors (Lipinski definition) is 1. The number of hydrogen-bond acceptors (Lipinski definition) is 14. The highest BCUT2D eigenvalue weighted by Gasteiger charge is 2.53. The average Bonchev–Trinajstić information content (AvgIpc) is 3.28. The third-order valence-electron chi connectivity index (χ3n) is 5.71. The van der Waals surface area contributed by atoms with Crippen LogP contribution >= 0.6 is 0 Å². The van der Waals surface area contributed by atoms with Crippen LogP contribution < -0.4 is 10.5 Å². The summed E-state index contributed by atoms with van der Waals surface area (Å²) in [6.45, 7) is 3.84. The summed E-state index contributed by atoms with van der Waals surface area (Å²) < 4.78 is 34.0. The van der Waals surface area contributed by atoms with Crippen molar-refractivity contribution in [3.8, 4) is 5.88 Å². The van der Waals surface area contributed by atoms with Gasteiger partial charge in [0, 0.05) is 46.4 Å². The first-order valence-corrected chi connectivity index (χ1v) is 12.3. The average molecular weight is 593 g/mol. The van der Waals surface area contributed by atoms with Gasteiger partial charge in [-0.3, -0.25) is 34.1 Å². The predicted molar refractivity (Wildman–Crippen MR) is 136 cm³/mol. The van der Waals surface area contributed by atoms with Crippen LogP contribution in [0.3, 0.4) is 0 Å². The molecule has 2 heterocycles. The van der Waals surface area contributed by atoms with Gasteiger partial charge in [0.1, 0.15) is 12.7 Å². The van der Waals surface area contributed by atoms with Crippen LogP contribution in [-0.2, 0) is 49.4 Å². The summed E-state index contributed by atoms with van der Waals surface area (Å²) in [4.78, 5) is 74.3. The highest BCUT2D eigenvalue weighted by atomic mass is 16.7. The third kappa shape index (κ3) is 8.00. The number of non-ortho nitro benzene ring substituents is 1. The van der Waals surface area contributed by atoms with Crippen LogP contribution in [0.4, 0.5) is 5.69 Å². The SMILES string of the molecule is CC(=O)OC[C@H]1O[C@@H](Oc2ncn(Cc3ccc([N+](=O)[O-])cc3)c2C(N)=O)[C@H](OC(C)=O)[C@@H](OC(C)=O)[C@H]1OC(C)=O. The zero-order valence-electron chi connectivity index (χ0n) is 22.9. The molecule has 0 saturated carbocycles. The number of nitro benzene ring substituents is 1. The maximum atomic E-state index is 12.4. The topological polar surface area (TPSA) is 228 Å². The number of nitro groups is 1. The van der Waals surface area contributed by atoms with Crippen LogP contribution in [-0.4, -0.2) is 81.6 Å². The number of rotatable bonds is 11. The number of aromatic nitrogens is 2. The lowest BCUT2D eigenvalue weighted by Crippen LogP contribution is -2.63. The van der Waals surface area contributed by atoms with Gasteiger partial charge in [0.05, 0.1) is 11.3 Å². The van der Waals surface area contributed by atoms with Crippen molar-refractivity contribution < 1.29 is 57.3 Å². The van der Waals surface area contributed by atoms with Crippen molar-refractivity contribution >= 4 is 35.5 Å². The minimum Gasteiger partial charge on any atom is -0.463 e. The van der Waals surface area contributed by atoms with Crippen molar-refractivity contribution in [2.45, 2.75) is 64.9 Å². The van der Waals surface area contributed by atoms with Crippen LogP contribution in [0, 0.1) is 10.1 Å². The molecule has 17 nitrogen and oxygen atoms in total. The molecule has 0 aliphatic carbocycles. The zero-order chi connectivity index (χ0) is 31.1. The number of primary amides is 1. The van der Waals surface area contributed by atoms with E-state index in [0.29, 0.717) is 5.56 Å². The number of esters is 4. The molecule has 0 unspecified atom stereocenters. The van der Waals surface area contributed by atoms with Crippen molar-refractivity contribution in [1.29, 1.82) is 0 Å². The molecule has 1 aliphatic rings.